The molecule has 1 unspecified atom stereocenters. The molecule has 1 aromatic rings. The van der Waals surface area contributed by atoms with Crippen LogP contribution < -0.4 is 9.64 Å². The lowest BCUT2D eigenvalue weighted by atomic mass is 9.78. The van der Waals surface area contributed by atoms with Gasteiger partial charge in [-0.25, -0.2) is 0 Å². The Balaban J connectivity index is 1.32. The SMILES string of the molecule is CCOc1ccc(N2CC=C[C@@H]3S[C@]45C=CCN(CCN6CCOCC6)C(=O)C4N([C@H](C)CO)C(=O)[C@@H]5[C@@H]3C2=O)cc1. The highest BCUT2D eigenvalue weighted by Crippen LogP contribution is 2.61. The molecule has 42 heavy (non-hydrogen) atoms. The lowest BCUT2D eigenvalue weighted by molar-refractivity contribution is -0.145. The van der Waals surface area contributed by atoms with E-state index in [1.165, 1.54) is 0 Å². The van der Waals surface area contributed by atoms with Gasteiger partial charge in [-0.3, -0.25) is 19.3 Å². The number of nitrogens with zero attached hydrogens (tertiary/aromatic N) is 4. The number of rotatable bonds is 8. The fraction of sp³-hybridized carbons (Fsp3) is 0.581. The number of hydrogen-bond acceptors (Lipinski definition) is 8. The van der Waals surface area contributed by atoms with Gasteiger partial charge in [-0.05, 0) is 38.1 Å². The molecule has 226 valence electrons. The highest BCUT2D eigenvalue weighted by atomic mass is 32.2. The van der Waals surface area contributed by atoms with Gasteiger partial charge < -0.3 is 29.3 Å². The van der Waals surface area contributed by atoms with Crippen molar-refractivity contribution in [3.05, 3.63) is 48.6 Å². The first-order valence-electron chi connectivity index (χ1n) is 15.0. The number of thioether (sulfide) groups is 1. The largest absolute Gasteiger partial charge is 0.494 e. The fourth-order valence-electron chi connectivity index (χ4n) is 7.09. The molecule has 0 aliphatic carbocycles. The molecule has 0 aromatic heterocycles. The maximum atomic E-state index is 14.4. The summed E-state index contributed by atoms with van der Waals surface area (Å²) in [5.74, 6) is -1.09. The molecular formula is C31H40N4O6S. The van der Waals surface area contributed by atoms with E-state index in [4.69, 9.17) is 9.47 Å². The molecule has 0 bridgehead atoms. The topological polar surface area (TPSA) is 103 Å². The fourth-order valence-corrected chi connectivity index (χ4v) is 9.09. The van der Waals surface area contributed by atoms with Crippen LogP contribution in [0.2, 0.25) is 0 Å². The Labute approximate surface area is 251 Å². The van der Waals surface area contributed by atoms with E-state index in [9.17, 15) is 19.5 Å². The molecule has 3 fully saturated rings. The molecule has 5 heterocycles. The molecular weight excluding hydrogens is 556 g/mol. The van der Waals surface area contributed by atoms with Gasteiger partial charge in [0, 0.05) is 50.2 Å². The molecule has 11 heteroatoms. The second-order valence-corrected chi connectivity index (χ2v) is 13.1. The van der Waals surface area contributed by atoms with Crippen molar-refractivity contribution in [1.82, 2.24) is 14.7 Å². The van der Waals surface area contributed by atoms with Crippen LogP contribution in [0.3, 0.4) is 0 Å². The van der Waals surface area contributed by atoms with Crippen molar-refractivity contribution in [1.29, 1.82) is 0 Å². The van der Waals surface area contributed by atoms with Crippen LogP contribution in [0.25, 0.3) is 0 Å². The summed E-state index contributed by atoms with van der Waals surface area (Å²) in [4.78, 5) is 50.5. The van der Waals surface area contributed by atoms with Crippen molar-refractivity contribution in [3.63, 3.8) is 0 Å². The van der Waals surface area contributed by atoms with E-state index in [2.05, 4.69) is 4.90 Å². The lowest BCUT2D eigenvalue weighted by Gasteiger charge is -2.38. The van der Waals surface area contributed by atoms with Crippen LogP contribution in [0, 0.1) is 11.8 Å². The zero-order valence-corrected chi connectivity index (χ0v) is 25.1. The summed E-state index contributed by atoms with van der Waals surface area (Å²) >= 11 is 1.56. The predicted octanol–water partition coefficient (Wildman–Crippen LogP) is 1.40. The second kappa shape index (κ2) is 12.0. The average Bonchev–Trinajstić information content (AvgIpc) is 3.33. The molecule has 3 saturated heterocycles. The van der Waals surface area contributed by atoms with Gasteiger partial charge in [-0.2, -0.15) is 0 Å². The van der Waals surface area contributed by atoms with Gasteiger partial charge in [-0.1, -0.05) is 24.3 Å². The molecule has 10 nitrogen and oxygen atoms in total. The van der Waals surface area contributed by atoms with E-state index in [-0.39, 0.29) is 29.6 Å². The number of carbonyl (C=O) groups is 3. The molecule has 1 aromatic carbocycles. The lowest BCUT2D eigenvalue weighted by Crippen LogP contribution is -2.56. The van der Waals surface area contributed by atoms with Gasteiger partial charge >= 0.3 is 0 Å². The summed E-state index contributed by atoms with van der Waals surface area (Å²) in [5.41, 5.74) is 0.740. The minimum absolute atomic E-state index is 0.117. The van der Waals surface area contributed by atoms with E-state index >= 15 is 0 Å². The number of ether oxygens (including phenoxy) is 2. The summed E-state index contributed by atoms with van der Waals surface area (Å²) in [6, 6.07) is 6.09. The molecule has 3 amide bonds. The maximum Gasteiger partial charge on any atom is 0.247 e. The number of morpholine rings is 1. The number of likely N-dealkylation sites (tertiary alicyclic amines) is 1. The van der Waals surface area contributed by atoms with E-state index in [1.54, 1.807) is 28.5 Å². The first kappa shape index (κ1) is 29.2. The summed E-state index contributed by atoms with van der Waals surface area (Å²) in [5, 5.41) is 9.94. The number of benzene rings is 1. The highest BCUT2D eigenvalue weighted by molar-refractivity contribution is 8.02. The third-order valence-electron chi connectivity index (χ3n) is 9.17. The number of amides is 3. The Kier molecular flexibility index (Phi) is 8.37. The van der Waals surface area contributed by atoms with Crippen molar-refractivity contribution in [2.45, 2.75) is 35.9 Å². The molecule has 5 aliphatic heterocycles. The average molecular weight is 597 g/mol. The van der Waals surface area contributed by atoms with Gasteiger partial charge in [0.1, 0.15) is 11.8 Å². The number of aliphatic hydroxyl groups is 1. The Morgan fingerprint density at radius 1 is 1.05 bits per heavy atom. The van der Waals surface area contributed by atoms with Crippen molar-refractivity contribution in [2.24, 2.45) is 11.8 Å². The molecule has 6 rings (SSSR count). The van der Waals surface area contributed by atoms with E-state index in [0.29, 0.717) is 39.5 Å². The Morgan fingerprint density at radius 3 is 2.52 bits per heavy atom. The normalized spacial score (nSPS) is 32.0. The summed E-state index contributed by atoms with van der Waals surface area (Å²) < 4.78 is 10.2. The van der Waals surface area contributed by atoms with Crippen LogP contribution >= 0.6 is 11.8 Å². The van der Waals surface area contributed by atoms with Crippen molar-refractivity contribution < 1.29 is 29.0 Å². The summed E-state index contributed by atoms with van der Waals surface area (Å²) in [6.07, 6.45) is 8.06. The predicted molar refractivity (Wildman–Crippen MR) is 160 cm³/mol. The molecule has 1 N–H and O–H groups in total. The molecule has 5 aliphatic rings. The highest BCUT2D eigenvalue weighted by Gasteiger charge is 2.71. The van der Waals surface area contributed by atoms with Crippen LogP contribution in [0.5, 0.6) is 5.75 Å². The number of anilines is 1. The van der Waals surface area contributed by atoms with Gasteiger partial charge in [0.15, 0.2) is 0 Å². The third kappa shape index (κ3) is 4.94. The number of hydrogen-bond donors (Lipinski definition) is 1. The van der Waals surface area contributed by atoms with Crippen molar-refractivity contribution >= 4 is 35.2 Å². The second-order valence-electron chi connectivity index (χ2n) is 11.6. The summed E-state index contributed by atoms with van der Waals surface area (Å²) in [6.45, 7) is 9.14. The van der Waals surface area contributed by atoms with Gasteiger partial charge in [0.25, 0.3) is 0 Å². The number of aliphatic hydroxyl groups excluding tert-OH is 1. The number of fused-ring (bicyclic) bond motifs is 2. The minimum Gasteiger partial charge on any atom is -0.494 e. The molecule has 6 atom stereocenters. The third-order valence-corrected chi connectivity index (χ3v) is 10.9. The monoisotopic (exact) mass is 596 g/mol. The van der Waals surface area contributed by atoms with Gasteiger partial charge in [0.2, 0.25) is 17.7 Å². The van der Waals surface area contributed by atoms with Crippen LogP contribution in [-0.2, 0) is 19.1 Å². The van der Waals surface area contributed by atoms with Gasteiger partial charge in [-0.15, -0.1) is 11.8 Å². The Morgan fingerprint density at radius 2 is 1.81 bits per heavy atom. The molecule has 0 radical (unpaired) electrons. The zero-order valence-electron chi connectivity index (χ0n) is 24.3. The van der Waals surface area contributed by atoms with Crippen LogP contribution in [0.4, 0.5) is 5.69 Å². The first-order valence-corrected chi connectivity index (χ1v) is 15.9. The van der Waals surface area contributed by atoms with Crippen molar-refractivity contribution in [2.75, 3.05) is 70.6 Å². The first-order chi connectivity index (χ1) is 20.4. The van der Waals surface area contributed by atoms with E-state index in [0.717, 1.165) is 31.1 Å². The Bertz CT molecular complexity index is 1250. The molecule has 1 spiro atoms. The van der Waals surface area contributed by atoms with Crippen LogP contribution in [-0.4, -0.2) is 125 Å². The smallest absolute Gasteiger partial charge is 0.247 e. The number of carbonyl (C=O) groups excluding carboxylic acids is 3. The van der Waals surface area contributed by atoms with E-state index < -0.39 is 28.7 Å². The standard InChI is InChI=1S/C31H40N4O6S/c1-3-41-23-9-7-22(8-10-23)34-13-4-6-24-25(28(34)37)26-29(38)35(21(2)20-36)27-30(39)33(12-5-11-31(26,27)42-24)15-14-32-16-18-40-19-17-32/h4-11,21,24-27,36H,3,12-20H2,1-2H3/t21-,24+,25-,26+,27?,31+/m1/s1. The summed E-state index contributed by atoms with van der Waals surface area (Å²) in [7, 11) is 0. The molecule has 0 saturated carbocycles. The van der Waals surface area contributed by atoms with E-state index in [1.807, 2.05) is 60.4 Å². The zero-order chi connectivity index (χ0) is 29.4. The van der Waals surface area contributed by atoms with Crippen molar-refractivity contribution in [3.8, 4) is 5.75 Å². The Hall–Kier alpha value is -2.86. The minimum atomic E-state index is -0.900. The van der Waals surface area contributed by atoms with Gasteiger partial charge in [0.05, 0.1) is 49.1 Å². The van der Waals surface area contributed by atoms with Crippen LogP contribution in [0.1, 0.15) is 13.8 Å². The van der Waals surface area contributed by atoms with Crippen LogP contribution in [0.15, 0.2) is 48.6 Å². The maximum absolute atomic E-state index is 14.4. The quantitative estimate of drug-likeness (QED) is 0.450.